The molecule has 0 saturated carbocycles. The number of imide groups is 1. The molecule has 0 bridgehead atoms. The van der Waals surface area contributed by atoms with Crippen LogP contribution < -0.4 is 20.7 Å². The standard InChI is InChI=1S/C23H19N7O5/c1-34-14-3-2-12-10-30(20(31)15(12)6-14)11-23(21(32)28-22(33)29-23)18-7-16-17(35-18)4-5-19(27-16)26-13-8-24-25-9-13/h2-9H,10-11H2,1H3,(H,24,25)(H,26,27)(H2,28,29,32,33)/t23-/m0/s1. The second kappa shape index (κ2) is 7.58. The minimum absolute atomic E-state index is 0.125. The van der Waals surface area contributed by atoms with Gasteiger partial charge in [-0.2, -0.15) is 5.10 Å². The van der Waals surface area contributed by atoms with E-state index < -0.39 is 17.5 Å². The molecule has 6 rings (SSSR count). The number of anilines is 2. The van der Waals surface area contributed by atoms with Crippen LogP contribution in [0.4, 0.5) is 16.3 Å². The summed E-state index contributed by atoms with van der Waals surface area (Å²) in [5, 5.41) is 14.6. The van der Waals surface area contributed by atoms with Gasteiger partial charge in [0.1, 0.15) is 22.8 Å². The Morgan fingerprint density at radius 1 is 1.20 bits per heavy atom. The second-order valence-corrected chi connectivity index (χ2v) is 8.30. The number of methoxy groups -OCH3 is 1. The summed E-state index contributed by atoms with van der Waals surface area (Å²) in [5.41, 5.74) is 1.30. The van der Waals surface area contributed by atoms with Gasteiger partial charge < -0.3 is 24.7 Å². The number of carbonyl (C=O) groups is 3. The number of pyridine rings is 1. The molecular formula is C23H19N7O5. The minimum atomic E-state index is -1.61. The Bertz CT molecular complexity index is 1500. The first-order valence-electron chi connectivity index (χ1n) is 10.7. The van der Waals surface area contributed by atoms with Gasteiger partial charge in [-0.05, 0) is 29.8 Å². The third-order valence-corrected chi connectivity index (χ3v) is 6.13. The number of H-pyrrole nitrogens is 1. The van der Waals surface area contributed by atoms with E-state index in [9.17, 15) is 14.4 Å². The zero-order chi connectivity index (χ0) is 24.2. The molecule has 3 aromatic heterocycles. The van der Waals surface area contributed by atoms with Gasteiger partial charge in [-0.1, -0.05) is 6.07 Å². The Labute approximate surface area is 197 Å². The molecule has 35 heavy (non-hydrogen) atoms. The molecule has 2 aliphatic rings. The van der Waals surface area contributed by atoms with Crippen LogP contribution in [0, 0.1) is 0 Å². The third-order valence-electron chi connectivity index (χ3n) is 6.13. The number of amides is 4. The summed E-state index contributed by atoms with van der Waals surface area (Å²) in [6.07, 6.45) is 3.29. The van der Waals surface area contributed by atoms with Crippen LogP contribution in [0.15, 0.2) is 53.2 Å². The third kappa shape index (κ3) is 3.34. The molecule has 12 heteroatoms. The number of ether oxygens (including phenoxy) is 1. The molecule has 1 atom stereocenters. The maximum absolute atomic E-state index is 13.1. The summed E-state index contributed by atoms with van der Waals surface area (Å²) in [6.45, 7) is 0.153. The second-order valence-electron chi connectivity index (χ2n) is 8.30. The summed E-state index contributed by atoms with van der Waals surface area (Å²) < 4.78 is 11.2. The Morgan fingerprint density at radius 3 is 2.83 bits per heavy atom. The van der Waals surface area contributed by atoms with Crippen LogP contribution in [0.25, 0.3) is 11.1 Å². The fourth-order valence-corrected chi connectivity index (χ4v) is 4.41. The summed E-state index contributed by atoms with van der Waals surface area (Å²) in [5.74, 6) is 0.390. The highest BCUT2D eigenvalue weighted by Crippen LogP contribution is 2.35. The van der Waals surface area contributed by atoms with E-state index in [1.807, 2.05) is 6.07 Å². The van der Waals surface area contributed by atoms with Crippen molar-refractivity contribution < 1.29 is 23.5 Å². The van der Waals surface area contributed by atoms with E-state index in [2.05, 4.69) is 31.1 Å². The van der Waals surface area contributed by atoms with Crippen LogP contribution in [-0.4, -0.2) is 51.6 Å². The van der Waals surface area contributed by atoms with Crippen molar-refractivity contribution in [2.45, 2.75) is 12.1 Å². The zero-order valence-electron chi connectivity index (χ0n) is 18.4. The normalized spacial score (nSPS) is 19.1. The van der Waals surface area contributed by atoms with Crippen LogP contribution >= 0.6 is 0 Å². The number of furan rings is 1. The smallest absolute Gasteiger partial charge is 0.322 e. The Hall–Kier alpha value is -4.87. The highest BCUT2D eigenvalue weighted by molar-refractivity contribution is 6.08. The lowest BCUT2D eigenvalue weighted by Gasteiger charge is -2.28. The summed E-state index contributed by atoms with van der Waals surface area (Å²) in [6, 6.07) is 9.60. The molecule has 4 aromatic rings. The first-order chi connectivity index (χ1) is 16.9. The zero-order valence-corrected chi connectivity index (χ0v) is 18.4. The fourth-order valence-electron chi connectivity index (χ4n) is 4.41. The number of carbonyl (C=O) groups excluding carboxylic acids is 3. The lowest BCUT2D eigenvalue weighted by molar-refractivity contribution is -0.125. The number of rotatable bonds is 6. The Balaban J connectivity index is 1.35. The topological polar surface area (TPSA) is 154 Å². The first kappa shape index (κ1) is 20.7. The van der Waals surface area contributed by atoms with Crippen molar-refractivity contribution in [3.05, 3.63) is 65.7 Å². The lowest BCUT2D eigenvalue weighted by atomic mass is 9.95. The molecule has 1 aromatic carbocycles. The number of aromatic nitrogens is 3. The van der Waals surface area contributed by atoms with Crippen LogP contribution in [0.2, 0.25) is 0 Å². The Morgan fingerprint density at radius 2 is 2.09 bits per heavy atom. The van der Waals surface area contributed by atoms with E-state index in [0.717, 1.165) is 11.3 Å². The van der Waals surface area contributed by atoms with Gasteiger partial charge in [-0.15, -0.1) is 0 Å². The molecular weight excluding hydrogens is 454 g/mol. The molecule has 1 fully saturated rings. The van der Waals surface area contributed by atoms with Crippen LogP contribution in [0.3, 0.4) is 0 Å². The quantitative estimate of drug-likeness (QED) is 0.310. The molecule has 0 unspecified atom stereocenters. The molecule has 12 nitrogen and oxygen atoms in total. The van der Waals surface area contributed by atoms with Crippen molar-refractivity contribution in [2.75, 3.05) is 19.0 Å². The number of urea groups is 1. The molecule has 5 heterocycles. The van der Waals surface area contributed by atoms with Gasteiger partial charge in [-0.3, -0.25) is 20.0 Å². The van der Waals surface area contributed by atoms with E-state index in [0.29, 0.717) is 28.2 Å². The number of hydrogen-bond acceptors (Lipinski definition) is 8. The average molecular weight is 473 g/mol. The van der Waals surface area contributed by atoms with Crippen molar-refractivity contribution in [2.24, 2.45) is 0 Å². The number of nitrogens with one attached hydrogen (secondary N) is 4. The van der Waals surface area contributed by atoms with Gasteiger partial charge >= 0.3 is 6.03 Å². The van der Waals surface area contributed by atoms with Gasteiger partial charge in [0.2, 0.25) is 0 Å². The van der Waals surface area contributed by atoms with E-state index in [1.54, 1.807) is 42.7 Å². The number of hydrogen-bond donors (Lipinski definition) is 4. The largest absolute Gasteiger partial charge is 0.497 e. The SMILES string of the molecule is COc1ccc2c(c1)C(=O)N(C[C@@]1(c3cc4nc(Nc5cn[nH]c5)ccc4o3)NC(=O)NC1=O)C2. The van der Waals surface area contributed by atoms with Crippen molar-refractivity contribution >= 4 is 40.5 Å². The molecule has 1 saturated heterocycles. The minimum Gasteiger partial charge on any atom is -0.497 e. The molecule has 4 N–H and O–H groups in total. The molecule has 0 aliphatic carbocycles. The number of aromatic amines is 1. The van der Waals surface area contributed by atoms with E-state index in [1.165, 1.54) is 12.0 Å². The van der Waals surface area contributed by atoms with E-state index in [4.69, 9.17) is 9.15 Å². The summed E-state index contributed by atoms with van der Waals surface area (Å²) in [7, 11) is 1.53. The van der Waals surface area contributed by atoms with E-state index >= 15 is 0 Å². The predicted octanol–water partition coefficient (Wildman–Crippen LogP) is 1.99. The van der Waals surface area contributed by atoms with Gasteiger partial charge in [0.25, 0.3) is 11.8 Å². The van der Waals surface area contributed by atoms with E-state index in [-0.39, 0.29) is 24.8 Å². The first-order valence-corrected chi connectivity index (χ1v) is 10.7. The fraction of sp³-hybridized carbons (Fsp3) is 0.174. The predicted molar refractivity (Wildman–Crippen MR) is 122 cm³/mol. The van der Waals surface area contributed by atoms with Gasteiger partial charge in [-0.25, -0.2) is 9.78 Å². The maximum atomic E-state index is 13.1. The van der Waals surface area contributed by atoms with Crippen LogP contribution in [0.5, 0.6) is 5.75 Å². The van der Waals surface area contributed by atoms with Crippen LogP contribution in [0.1, 0.15) is 21.7 Å². The molecule has 2 aliphatic heterocycles. The number of fused-ring (bicyclic) bond motifs is 2. The van der Waals surface area contributed by atoms with Crippen molar-refractivity contribution in [3.8, 4) is 5.75 Å². The summed E-state index contributed by atoms with van der Waals surface area (Å²) >= 11 is 0. The molecule has 176 valence electrons. The van der Waals surface area contributed by atoms with Gasteiger partial charge in [0, 0.05) is 24.4 Å². The van der Waals surface area contributed by atoms with Crippen molar-refractivity contribution in [3.63, 3.8) is 0 Å². The van der Waals surface area contributed by atoms with Crippen LogP contribution in [-0.2, 0) is 16.9 Å². The van der Waals surface area contributed by atoms with Gasteiger partial charge in [0.05, 0.1) is 25.5 Å². The molecule has 4 amide bonds. The number of nitrogens with zero attached hydrogens (tertiary/aromatic N) is 3. The molecule has 0 radical (unpaired) electrons. The highest BCUT2D eigenvalue weighted by atomic mass is 16.5. The number of benzene rings is 1. The highest BCUT2D eigenvalue weighted by Gasteiger charge is 2.53. The van der Waals surface area contributed by atoms with Gasteiger partial charge in [0.15, 0.2) is 11.1 Å². The monoisotopic (exact) mass is 473 g/mol. The van der Waals surface area contributed by atoms with Crippen molar-refractivity contribution in [1.29, 1.82) is 0 Å². The maximum Gasteiger partial charge on any atom is 0.322 e. The lowest BCUT2D eigenvalue weighted by Crippen LogP contribution is -2.52. The van der Waals surface area contributed by atoms with Crippen molar-refractivity contribution in [1.82, 2.24) is 30.7 Å². The summed E-state index contributed by atoms with van der Waals surface area (Å²) in [4.78, 5) is 44.5. The molecule has 0 spiro atoms. The Kier molecular flexibility index (Phi) is 4.49. The average Bonchev–Trinajstić information content (AvgIpc) is 3.62.